The van der Waals surface area contributed by atoms with E-state index in [0.29, 0.717) is 12.7 Å². The van der Waals surface area contributed by atoms with Crippen LogP contribution in [-0.4, -0.2) is 13.2 Å². The zero-order valence-corrected chi connectivity index (χ0v) is 8.50. The van der Waals surface area contributed by atoms with Crippen LogP contribution in [0.4, 0.5) is 5.69 Å². The quantitative estimate of drug-likeness (QED) is 0.767. The number of benzene rings is 1. The predicted molar refractivity (Wildman–Crippen MR) is 55.9 cm³/mol. The Morgan fingerprint density at radius 2 is 1.85 bits per heavy atom. The van der Waals surface area contributed by atoms with Crippen molar-refractivity contribution in [2.75, 3.05) is 12.4 Å². The number of hydrogen-bond donors (Lipinski definition) is 1. The average molecular weight is 179 g/mol. The van der Waals surface area contributed by atoms with Gasteiger partial charge in [-0.05, 0) is 31.5 Å². The summed E-state index contributed by atoms with van der Waals surface area (Å²) >= 11 is 0. The summed E-state index contributed by atoms with van der Waals surface area (Å²) in [6.45, 7) is 4.78. The second-order valence-corrected chi connectivity index (χ2v) is 3.31. The molecule has 1 aromatic rings. The van der Waals surface area contributed by atoms with Gasteiger partial charge in [-0.15, -0.1) is 0 Å². The summed E-state index contributed by atoms with van der Waals surface area (Å²) in [6.07, 6.45) is 0.295. The Labute approximate surface area is 79.9 Å². The zero-order valence-electron chi connectivity index (χ0n) is 8.50. The molecule has 2 nitrogen and oxygen atoms in total. The maximum Gasteiger partial charge on any atom is 0.0720 e. The van der Waals surface area contributed by atoms with Crippen molar-refractivity contribution in [1.82, 2.24) is 0 Å². The number of hydrogen-bond acceptors (Lipinski definition) is 2. The summed E-state index contributed by atoms with van der Waals surface area (Å²) in [7, 11) is 1.92. The van der Waals surface area contributed by atoms with E-state index in [2.05, 4.69) is 29.6 Å². The summed E-state index contributed by atoms with van der Waals surface area (Å²) in [5, 5.41) is 3.08. The van der Waals surface area contributed by atoms with Crippen LogP contribution in [0.2, 0.25) is 0 Å². The van der Waals surface area contributed by atoms with Crippen LogP contribution in [-0.2, 0) is 11.3 Å². The minimum absolute atomic E-state index is 0.295. The van der Waals surface area contributed by atoms with Crippen LogP contribution in [0.25, 0.3) is 0 Å². The molecule has 13 heavy (non-hydrogen) atoms. The lowest BCUT2D eigenvalue weighted by Crippen LogP contribution is -2.02. The summed E-state index contributed by atoms with van der Waals surface area (Å²) in [4.78, 5) is 0. The van der Waals surface area contributed by atoms with Crippen molar-refractivity contribution in [3.05, 3.63) is 29.8 Å². The van der Waals surface area contributed by atoms with E-state index in [1.165, 1.54) is 5.56 Å². The molecule has 2 heteroatoms. The molecule has 0 fully saturated rings. The summed E-state index contributed by atoms with van der Waals surface area (Å²) < 4.78 is 5.48. The molecule has 1 rings (SSSR count). The Hall–Kier alpha value is -1.02. The van der Waals surface area contributed by atoms with Gasteiger partial charge in [-0.1, -0.05) is 12.1 Å². The van der Waals surface area contributed by atoms with Crippen molar-refractivity contribution in [3.63, 3.8) is 0 Å². The molecule has 0 heterocycles. The molecule has 0 radical (unpaired) electrons. The lowest BCUT2D eigenvalue weighted by Gasteiger charge is -2.07. The molecule has 0 amide bonds. The highest BCUT2D eigenvalue weighted by Crippen LogP contribution is 2.09. The van der Waals surface area contributed by atoms with Gasteiger partial charge in [0, 0.05) is 12.7 Å². The van der Waals surface area contributed by atoms with Gasteiger partial charge in [0.25, 0.3) is 0 Å². The SMILES string of the molecule is CNc1ccc(COC(C)C)cc1. The van der Waals surface area contributed by atoms with Crippen LogP contribution < -0.4 is 5.32 Å². The molecular weight excluding hydrogens is 162 g/mol. The molecule has 72 valence electrons. The third kappa shape index (κ3) is 3.47. The molecule has 0 saturated heterocycles. The summed E-state index contributed by atoms with van der Waals surface area (Å²) in [5.74, 6) is 0. The van der Waals surface area contributed by atoms with Crippen LogP contribution in [0.3, 0.4) is 0 Å². The van der Waals surface area contributed by atoms with E-state index in [1.54, 1.807) is 0 Å². The first kappa shape index (κ1) is 10.1. The second-order valence-electron chi connectivity index (χ2n) is 3.31. The molecule has 0 saturated carbocycles. The maximum absolute atomic E-state index is 5.48. The Morgan fingerprint density at radius 1 is 1.23 bits per heavy atom. The number of ether oxygens (including phenoxy) is 1. The van der Waals surface area contributed by atoms with Gasteiger partial charge in [0.2, 0.25) is 0 Å². The van der Waals surface area contributed by atoms with Crippen molar-refractivity contribution in [2.24, 2.45) is 0 Å². The molecule has 0 aliphatic rings. The van der Waals surface area contributed by atoms with Gasteiger partial charge in [-0.2, -0.15) is 0 Å². The van der Waals surface area contributed by atoms with Crippen LogP contribution in [0, 0.1) is 0 Å². The Balaban J connectivity index is 2.49. The van der Waals surface area contributed by atoms with Crippen LogP contribution in [0.5, 0.6) is 0 Å². The van der Waals surface area contributed by atoms with E-state index in [9.17, 15) is 0 Å². The lowest BCUT2D eigenvalue weighted by atomic mass is 10.2. The minimum atomic E-state index is 0.295. The zero-order chi connectivity index (χ0) is 9.68. The number of rotatable bonds is 4. The summed E-state index contributed by atoms with van der Waals surface area (Å²) in [6, 6.07) is 8.26. The van der Waals surface area contributed by atoms with Crippen molar-refractivity contribution < 1.29 is 4.74 Å². The monoisotopic (exact) mass is 179 g/mol. The lowest BCUT2D eigenvalue weighted by molar-refractivity contribution is 0.0657. The Morgan fingerprint density at radius 3 is 2.31 bits per heavy atom. The number of nitrogens with one attached hydrogen (secondary N) is 1. The highest BCUT2D eigenvalue weighted by molar-refractivity contribution is 5.43. The topological polar surface area (TPSA) is 21.3 Å². The third-order valence-corrected chi connectivity index (χ3v) is 1.83. The van der Waals surface area contributed by atoms with Gasteiger partial charge < -0.3 is 10.1 Å². The standard InChI is InChI=1S/C11H17NO/c1-9(2)13-8-10-4-6-11(12-3)7-5-10/h4-7,9,12H,8H2,1-3H3. The van der Waals surface area contributed by atoms with Crippen molar-refractivity contribution in [2.45, 2.75) is 26.6 Å². The average Bonchev–Trinajstić information content (AvgIpc) is 2.15. The molecule has 0 spiro atoms. The van der Waals surface area contributed by atoms with Crippen LogP contribution >= 0.6 is 0 Å². The van der Waals surface area contributed by atoms with Gasteiger partial charge in [0.15, 0.2) is 0 Å². The van der Waals surface area contributed by atoms with Crippen LogP contribution in [0.15, 0.2) is 24.3 Å². The van der Waals surface area contributed by atoms with Crippen LogP contribution in [0.1, 0.15) is 19.4 Å². The molecule has 0 aliphatic carbocycles. The molecule has 0 bridgehead atoms. The third-order valence-electron chi connectivity index (χ3n) is 1.83. The molecule has 0 aromatic heterocycles. The molecule has 1 N–H and O–H groups in total. The Bertz CT molecular complexity index is 241. The van der Waals surface area contributed by atoms with Crippen molar-refractivity contribution in [3.8, 4) is 0 Å². The van der Waals surface area contributed by atoms with E-state index in [0.717, 1.165) is 5.69 Å². The normalized spacial score (nSPS) is 10.5. The van der Waals surface area contributed by atoms with Gasteiger partial charge in [0.1, 0.15) is 0 Å². The highest BCUT2D eigenvalue weighted by atomic mass is 16.5. The minimum Gasteiger partial charge on any atom is -0.388 e. The molecule has 0 atom stereocenters. The first-order chi connectivity index (χ1) is 6.22. The van der Waals surface area contributed by atoms with Gasteiger partial charge in [0.05, 0.1) is 12.7 Å². The first-order valence-electron chi connectivity index (χ1n) is 4.60. The maximum atomic E-state index is 5.48. The van der Waals surface area contributed by atoms with E-state index < -0.39 is 0 Å². The van der Waals surface area contributed by atoms with E-state index in [-0.39, 0.29) is 0 Å². The molecule has 0 aliphatic heterocycles. The van der Waals surface area contributed by atoms with E-state index >= 15 is 0 Å². The molecule has 0 unspecified atom stereocenters. The smallest absolute Gasteiger partial charge is 0.0720 e. The second kappa shape index (κ2) is 4.87. The highest BCUT2D eigenvalue weighted by Gasteiger charge is 1.95. The number of anilines is 1. The molecule has 1 aromatic carbocycles. The fourth-order valence-corrected chi connectivity index (χ4v) is 1.03. The van der Waals surface area contributed by atoms with Gasteiger partial charge >= 0.3 is 0 Å². The summed E-state index contributed by atoms with van der Waals surface area (Å²) in [5.41, 5.74) is 2.35. The van der Waals surface area contributed by atoms with Crippen molar-refractivity contribution in [1.29, 1.82) is 0 Å². The van der Waals surface area contributed by atoms with Gasteiger partial charge in [-0.25, -0.2) is 0 Å². The predicted octanol–water partition coefficient (Wildman–Crippen LogP) is 2.65. The fourth-order valence-electron chi connectivity index (χ4n) is 1.03. The Kier molecular flexibility index (Phi) is 3.77. The largest absolute Gasteiger partial charge is 0.388 e. The van der Waals surface area contributed by atoms with E-state index in [4.69, 9.17) is 4.74 Å². The fraction of sp³-hybridized carbons (Fsp3) is 0.455. The molecular formula is C11H17NO. The van der Waals surface area contributed by atoms with Crippen molar-refractivity contribution >= 4 is 5.69 Å². The first-order valence-corrected chi connectivity index (χ1v) is 4.60. The van der Waals surface area contributed by atoms with E-state index in [1.807, 2.05) is 20.9 Å². The van der Waals surface area contributed by atoms with Gasteiger partial charge in [-0.3, -0.25) is 0 Å².